The Hall–Kier alpha value is -9.10. The van der Waals surface area contributed by atoms with Crippen LogP contribution in [0.3, 0.4) is 0 Å². The van der Waals surface area contributed by atoms with Crippen LogP contribution in [-0.4, -0.2) is 13.4 Å². The molecule has 0 atom stereocenters. The van der Waals surface area contributed by atoms with Gasteiger partial charge in [-0.1, -0.05) is 175 Å². The molecule has 11 aromatic rings. The van der Waals surface area contributed by atoms with E-state index < -0.39 is 0 Å². The molecule has 0 unspecified atom stereocenters. The van der Waals surface area contributed by atoms with Crippen molar-refractivity contribution >= 4 is 92.1 Å². The summed E-state index contributed by atoms with van der Waals surface area (Å²) >= 11 is 1.83. The maximum atomic E-state index is 7.30. The molecule has 0 amide bonds. The summed E-state index contributed by atoms with van der Waals surface area (Å²) in [4.78, 5) is 6.99. The number of para-hydroxylation sites is 5. The Morgan fingerprint density at radius 3 is 1.34 bits per heavy atom. The van der Waals surface area contributed by atoms with Gasteiger partial charge in [-0.2, -0.15) is 0 Å². The van der Waals surface area contributed by atoms with Crippen LogP contribution in [-0.2, 0) is 0 Å². The van der Waals surface area contributed by atoms with E-state index in [1.165, 1.54) is 31.8 Å². The number of hydrogen-bond acceptors (Lipinski definition) is 6. The number of fused-ring (bicyclic) bond motifs is 8. The van der Waals surface area contributed by atoms with Crippen molar-refractivity contribution in [3.8, 4) is 56.8 Å². The molecule has 0 aliphatic carbocycles. The molecule has 4 aliphatic heterocycles. The van der Waals surface area contributed by atoms with Crippen molar-refractivity contribution in [2.24, 2.45) is 0 Å². The minimum absolute atomic E-state index is 0.122. The second kappa shape index (κ2) is 17.3. The third-order valence-electron chi connectivity index (χ3n) is 14.8. The normalized spacial score (nSPS) is 12.8. The first-order valence-corrected chi connectivity index (χ1v) is 25.9. The zero-order chi connectivity index (χ0) is 48.7. The monoisotopic (exact) mass is 964 g/mol. The van der Waals surface area contributed by atoms with E-state index >= 15 is 0 Å². The Kier molecular flexibility index (Phi) is 9.95. The van der Waals surface area contributed by atoms with Gasteiger partial charge in [-0.3, -0.25) is 0 Å². The molecule has 0 N–H and O–H groups in total. The maximum absolute atomic E-state index is 7.30. The van der Waals surface area contributed by atoms with Crippen molar-refractivity contribution in [2.45, 2.75) is 9.79 Å². The molecular formula is C66H42B2N2O3S. The van der Waals surface area contributed by atoms with Crippen LogP contribution in [0.15, 0.2) is 265 Å². The molecule has 4 heterocycles. The number of benzene rings is 11. The van der Waals surface area contributed by atoms with E-state index in [0.717, 1.165) is 102 Å². The van der Waals surface area contributed by atoms with Gasteiger partial charge < -0.3 is 24.0 Å². The van der Waals surface area contributed by atoms with Gasteiger partial charge in [0.15, 0.2) is 0 Å². The van der Waals surface area contributed by atoms with Gasteiger partial charge in [0.05, 0.1) is 5.69 Å². The van der Waals surface area contributed by atoms with Gasteiger partial charge in [-0.25, -0.2) is 0 Å². The molecule has 8 heteroatoms. The standard InChI is InChI=1S/C66H42B2N2O3S/c1-6-20-43(21-7-1)51-30-16-17-31-52(51)44-36-60-66-64(37-44)74-63-40-49(69(45-22-8-2-9-23-45)46-24-10-3-11-25-46)34-35-54(63)68(66)56-41-55-58(42-59(56)72-60)73-62-39-50(38-61-65(62)67(55)53-32-18-19-33-57(53)71-61)70(47-26-12-4-13-27-47)48-28-14-5-15-29-48/h1-42H. The highest BCUT2D eigenvalue weighted by Gasteiger charge is 2.45. The number of rotatable bonds is 8. The van der Waals surface area contributed by atoms with Crippen molar-refractivity contribution in [1.82, 2.24) is 0 Å². The quantitative estimate of drug-likeness (QED) is 0.141. The Bertz CT molecular complexity index is 3920. The molecule has 11 aromatic carbocycles. The average Bonchev–Trinajstić information content (AvgIpc) is 3.48. The number of ether oxygens (including phenoxy) is 3. The predicted molar refractivity (Wildman–Crippen MR) is 306 cm³/mol. The summed E-state index contributed by atoms with van der Waals surface area (Å²) in [7, 11) is 0. The highest BCUT2D eigenvalue weighted by molar-refractivity contribution is 8.00. The van der Waals surface area contributed by atoms with E-state index in [1.807, 2.05) is 23.9 Å². The summed E-state index contributed by atoms with van der Waals surface area (Å²) < 4.78 is 21.4. The van der Waals surface area contributed by atoms with Crippen molar-refractivity contribution in [1.29, 1.82) is 0 Å². The molecule has 0 saturated heterocycles. The third kappa shape index (κ3) is 6.97. The number of hydrogen-bond donors (Lipinski definition) is 0. The van der Waals surface area contributed by atoms with E-state index in [9.17, 15) is 0 Å². The van der Waals surface area contributed by atoms with Crippen molar-refractivity contribution in [3.05, 3.63) is 255 Å². The first-order chi connectivity index (χ1) is 36.7. The largest absolute Gasteiger partial charge is 0.458 e. The van der Waals surface area contributed by atoms with Crippen molar-refractivity contribution in [2.75, 3.05) is 9.80 Å². The fourth-order valence-electron chi connectivity index (χ4n) is 11.6. The molecule has 0 spiro atoms. The van der Waals surface area contributed by atoms with Gasteiger partial charge in [0.2, 0.25) is 0 Å². The lowest BCUT2D eigenvalue weighted by Crippen LogP contribution is -2.61. The van der Waals surface area contributed by atoms with Crippen LogP contribution in [0.5, 0.6) is 34.5 Å². The minimum Gasteiger partial charge on any atom is -0.458 e. The molecule has 0 fully saturated rings. The molecule has 0 saturated carbocycles. The summed E-state index contributed by atoms with van der Waals surface area (Å²) in [6.07, 6.45) is 0. The van der Waals surface area contributed by atoms with Crippen LogP contribution >= 0.6 is 11.8 Å². The smallest absolute Gasteiger partial charge is 0.260 e. The summed E-state index contributed by atoms with van der Waals surface area (Å²) in [6.45, 7) is -0.277. The molecule has 0 bridgehead atoms. The van der Waals surface area contributed by atoms with E-state index in [-0.39, 0.29) is 13.4 Å². The molecule has 346 valence electrons. The van der Waals surface area contributed by atoms with E-state index in [0.29, 0.717) is 0 Å². The van der Waals surface area contributed by atoms with Crippen molar-refractivity contribution < 1.29 is 14.2 Å². The van der Waals surface area contributed by atoms with Crippen LogP contribution < -0.4 is 56.8 Å². The van der Waals surface area contributed by atoms with Gasteiger partial charge in [0, 0.05) is 61.9 Å². The SMILES string of the molecule is c1ccc(-c2ccccc2-c2cc3c4c(c2)Sc2cc(N(c5ccccc5)c5ccccc5)ccc2B4c2cc4c(cc2O3)Oc2cc(N(c3ccccc3)c3ccccc3)cc3c2B4c2ccccc2O3)cc1. The minimum atomic E-state index is -0.155. The highest BCUT2D eigenvalue weighted by Crippen LogP contribution is 2.47. The van der Waals surface area contributed by atoms with Gasteiger partial charge >= 0.3 is 0 Å². The average molecular weight is 965 g/mol. The highest BCUT2D eigenvalue weighted by atomic mass is 32.2. The second-order valence-corrected chi connectivity index (χ2v) is 20.2. The molecule has 15 rings (SSSR count). The number of anilines is 6. The molecular weight excluding hydrogens is 922 g/mol. The van der Waals surface area contributed by atoms with Crippen molar-refractivity contribution in [3.63, 3.8) is 0 Å². The topological polar surface area (TPSA) is 34.2 Å². The Balaban J connectivity index is 0.926. The van der Waals surface area contributed by atoms with Crippen LogP contribution in [0, 0.1) is 0 Å². The zero-order valence-electron chi connectivity index (χ0n) is 39.9. The van der Waals surface area contributed by atoms with E-state index in [2.05, 4.69) is 252 Å². The Labute approximate surface area is 435 Å². The molecule has 4 aliphatic rings. The van der Waals surface area contributed by atoms with Crippen LogP contribution in [0.25, 0.3) is 22.3 Å². The molecule has 74 heavy (non-hydrogen) atoms. The van der Waals surface area contributed by atoms with E-state index in [1.54, 1.807) is 0 Å². The first-order valence-electron chi connectivity index (χ1n) is 25.1. The summed E-state index contributed by atoms with van der Waals surface area (Å²) in [6, 6.07) is 90.6. The fraction of sp³-hybridized carbons (Fsp3) is 0. The molecule has 0 radical (unpaired) electrons. The van der Waals surface area contributed by atoms with Crippen LogP contribution in [0.1, 0.15) is 0 Å². The second-order valence-electron chi connectivity index (χ2n) is 19.1. The van der Waals surface area contributed by atoms with Gasteiger partial charge in [-0.15, -0.1) is 0 Å². The molecule has 0 aromatic heterocycles. The number of nitrogens with zero attached hydrogens (tertiary/aromatic N) is 2. The maximum Gasteiger partial charge on any atom is 0.260 e. The van der Waals surface area contributed by atoms with Gasteiger partial charge in [-0.05, 0) is 123 Å². The predicted octanol–water partition coefficient (Wildman–Crippen LogP) is 13.8. The lowest BCUT2D eigenvalue weighted by Gasteiger charge is -2.37. The Morgan fingerprint density at radius 2 is 0.743 bits per heavy atom. The zero-order valence-corrected chi connectivity index (χ0v) is 40.7. The lowest BCUT2D eigenvalue weighted by atomic mass is 9.32. The third-order valence-corrected chi connectivity index (χ3v) is 16.0. The molecule has 5 nitrogen and oxygen atoms in total. The summed E-state index contributed by atoms with van der Waals surface area (Å²) in [5, 5.41) is 0. The summed E-state index contributed by atoms with van der Waals surface area (Å²) in [5.74, 6) is 4.78. The van der Waals surface area contributed by atoms with Gasteiger partial charge in [0.1, 0.15) is 34.5 Å². The van der Waals surface area contributed by atoms with Crippen LogP contribution in [0.2, 0.25) is 0 Å². The van der Waals surface area contributed by atoms with Gasteiger partial charge in [0.25, 0.3) is 13.4 Å². The first kappa shape index (κ1) is 42.6. The van der Waals surface area contributed by atoms with Crippen LogP contribution in [0.4, 0.5) is 34.1 Å². The fourth-order valence-corrected chi connectivity index (χ4v) is 12.9. The summed E-state index contributed by atoms with van der Waals surface area (Å²) in [5.41, 5.74) is 17.6. The van der Waals surface area contributed by atoms with E-state index in [4.69, 9.17) is 14.2 Å². The lowest BCUT2D eigenvalue weighted by molar-refractivity contribution is 0.456. The Morgan fingerprint density at radius 1 is 0.270 bits per heavy atom.